The van der Waals surface area contributed by atoms with Gasteiger partial charge in [-0.15, -0.1) is 0 Å². The van der Waals surface area contributed by atoms with Crippen molar-refractivity contribution in [3.05, 3.63) is 45.3 Å². The Bertz CT molecular complexity index is 872. The van der Waals surface area contributed by atoms with Crippen molar-refractivity contribution < 1.29 is 9.53 Å². The van der Waals surface area contributed by atoms with E-state index >= 15 is 0 Å². The SMILES string of the molecule is CCOCCN=Cc1c(N)nc(Cl)nc1C1C(=O)Nc2ccc(Cl)cc21. The molecule has 1 aliphatic heterocycles. The lowest BCUT2D eigenvalue weighted by molar-refractivity contribution is -0.116. The highest BCUT2D eigenvalue weighted by atomic mass is 35.5. The Morgan fingerprint density at radius 2 is 2.19 bits per heavy atom. The zero-order valence-corrected chi connectivity index (χ0v) is 15.5. The lowest BCUT2D eigenvalue weighted by Crippen LogP contribution is -2.18. The summed E-state index contributed by atoms with van der Waals surface area (Å²) < 4.78 is 5.25. The molecule has 0 saturated carbocycles. The Hall–Kier alpha value is -2.22. The Balaban J connectivity index is 2.02. The predicted molar refractivity (Wildman–Crippen MR) is 102 cm³/mol. The molecule has 0 radical (unpaired) electrons. The third-order valence-corrected chi connectivity index (χ3v) is 4.29. The van der Waals surface area contributed by atoms with E-state index in [1.807, 2.05) is 6.92 Å². The van der Waals surface area contributed by atoms with Gasteiger partial charge in [0.1, 0.15) is 11.7 Å². The summed E-state index contributed by atoms with van der Waals surface area (Å²) in [6.45, 7) is 3.47. The molecule has 1 atom stereocenters. The zero-order chi connectivity index (χ0) is 18.7. The number of aromatic nitrogens is 2. The maximum Gasteiger partial charge on any atom is 0.238 e. The molecule has 1 amide bonds. The molecule has 1 aromatic heterocycles. The lowest BCUT2D eigenvalue weighted by atomic mass is 9.94. The van der Waals surface area contributed by atoms with Gasteiger partial charge in [0, 0.05) is 23.5 Å². The number of aliphatic imine (C=N–C) groups is 1. The molecule has 26 heavy (non-hydrogen) atoms. The van der Waals surface area contributed by atoms with Gasteiger partial charge in [-0.05, 0) is 42.3 Å². The Kier molecular flexibility index (Phi) is 5.70. The Morgan fingerprint density at radius 3 is 2.96 bits per heavy atom. The normalized spacial score (nSPS) is 16.1. The van der Waals surface area contributed by atoms with Crippen LogP contribution in [0.25, 0.3) is 0 Å². The average molecular weight is 394 g/mol. The minimum absolute atomic E-state index is 0.0350. The molecule has 3 N–H and O–H groups in total. The van der Waals surface area contributed by atoms with Gasteiger partial charge < -0.3 is 15.8 Å². The molecule has 2 heterocycles. The number of hydrogen-bond donors (Lipinski definition) is 2. The van der Waals surface area contributed by atoms with E-state index in [0.29, 0.717) is 47.3 Å². The second-order valence-corrected chi connectivity index (χ2v) is 6.34. The molecule has 0 bridgehead atoms. The van der Waals surface area contributed by atoms with E-state index < -0.39 is 5.92 Å². The molecular weight excluding hydrogens is 377 g/mol. The summed E-state index contributed by atoms with van der Waals surface area (Å²) in [6, 6.07) is 5.18. The lowest BCUT2D eigenvalue weighted by Gasteiger charge is -2.13. The van der Waals surface area contributed by atoms with Gasteiger partial charge in [0.05, 0.1) is 24.4 Å². The van der Waals surface area contributed by atoms with Crippen molar-refractivity contribution in [3.63, 3.8) is 0 Å². The van der Waals surface area contributed by atoms with E-state index in [-0.39, 0.29) is 17.0 Å². The van der Waals surface area contributed by atoms with E-state index in [0.717, 1.165) is 0 Å². The van der Waals surface area contributed by atoms with Gasteiger partial charge in [-0.1, -0.05) is 11.6 Å². The number of anilines is 2. The summed E-state index contributed by atoms with van der Waals surface area (Å²) in [4.78, 5) is 25.1. The summed E-state index contributed by atoms with van der Waals surface area (Å²) in [5.74, 6) is -0.774. The molecule has 3 rings (SSSR count). The first-order chi connectivity index (χ1) is 12.5. The largest absolute Gasteiger partial charge is 0.383 e. The topological polar surface area (TPSA) is 102 Å². The predicted octanol–water partition coefficient (Wildman–Crippen LogP) is 2.91. The van der Waals surface area contributed by atoms with E-state index in [1.165, 1.54) is 0 Å². The fourth-order valence-corrected chi connectivity index (χ4v) is 3.11. The van der Waals surface area contributed by atoms with Crippen LogP contribution >= 0.6 is 23.2 Å². The molecule has 9 heteroatoms. The number of nitrogen functional groups attached to an aromatic ring is 1. The van der Waals surface area contributed by atoms with Crippen molar-refractivity contribution in [2.24, 2.45) is 4.99 Å². The molecule has 1 aliphatic rings. The summed E-state index contributed by atoms with van der Waals surface area (Å²) in [6.07, 6.45) is 1.55. The first-order valence-corrected chi connectivity index (χ1v) is 8.77. The Labute approximate surface area is 160 Å². The molecule has 0 aliphatic carbocycles. The number of nitrogens with two attached hydrogens (primary N) is 1. The number of hydrogen-bond acceptors (Lipinski definition) is 6. The van der Waals surface area contributed by atoms with Crippen LogP contribution in [-0.2, 0) is 9.53 Å². The average Bonchev–Trinajstić information content (AvgIpc) is 2.91. The zero-order valence-electron chi connectivity index (χ0n) is 14.0. The highest BCUT2D eigenvalue weighted by molar-refractivity contribution is 6.31. The number of rotatable bonds is 6. The number of amides is 1. The molecule has 0 saturated heterocycles. The van der Waals surface area contributed by atoms with Gasteiger partial charge in [0.2, 0.25) is 11.2 Å². The van der Waals surface area contributed by atoms with Crippen molar-refractivity contribution in [2.45, 2.75) is 12.8 Å². The van der Waals surface area contributed by atoms with Gasteiger partial charge >= 0.3 is 0 Å². The second kappa shape index (κ2) is 7.99. The summed E-state index contributed by atoms with van der Waals surface area (Å²) in [7, 11) is 0. The quantitative estimate of drug-likeness (QED) is 0.446. The third-order valence-electron chi connectivity index (χ3n) is 3.88. The molecular formula is C17H17Cl2N5O2. The highest BCUT2D eigenvalue weighted by Crippen LogP contribution is 2.39. The van der Waals surface area contributed by atoms with E-state index in [1.54, 1.807) is 24.4 Å². The van der Waals surface area contributed by atoms with E-state index in [9.17, 15) is 4.79 Å². The van der Waals surface area contributed by atoms with Gasteiger partial charge in [-0.3, -0.25) is 9.79 Å². The fraction of sp³-hybridized carbons (Fsp3) is 0.294. The van der Waals surface area contributed by atoms with Crippen molar-refractivity contribution in [1.82, 2.24) is 9.97 Å². The van der Waals surface area contributed by atoms with Crippen molar-refractivity contribution in [1.29, 1.82) is 0 Å². The maximum absolute atomic E-state index is 12.6. The number of nitrogens with one attached hydrogen (secondary N) is 1. The van der Waals surface area contributed by atoms with E-state index in [2.05, 4.69) is 20.3 Å². The first kappa shape index (κ1) is 18.6. The fourth-order valence-electron chi connectivity index (χ4n) is 2.75. The molecule has 1 aromatic carbocycles. The van der Waals surface area contributed by atoms with Gasteiger partial charge in [-0.25, -0.2) is 9.97 Å². The maximum atomic E-state index is 12.6. The molecule has 136 valence electrons. The number of carbonyl (C=O) groups excluding carboxylic acids is 1. The monoisotopic (exact) mass is 393 g/mol. The second-order valence-electron chi connectivity index (χ2n) is 5.56. The minimum Gasteiger partial charge on any atom is -0.383 e. The summed E-state index contributed by atoms with van der Waals surface area (Å²) in [5.41, 5.74) is 8.24. The smallest absolute Gasteiger partial charge is 0.238 e. The molecule has 0 fully saturated rings. The van der Waals surface area contributed by atoms with Gasteiger partial charge in [0.25, 0.3) is 0 Å². The van der Waals surface area contributed by atoms with Crippen LogP contribution in [0.3, 0.4) is 0 Å². The first-order valence-electron chi connectivity index (χ1n) is 8.02. The number of nitrogens with zero attached hydrogens (tertiary/aromatic N) is 3. The number of ether oxygens (including phenoxy) is 1. The van der Waals surface area contributed by atoms with Gasteiger partial charge in [0.15, 0.2) is 0 Å². The molecule has 1 unspecified atom stereocenters. The van der Waals surface area contributed by atoms with Crippen molar-refractivity contribution in [3.8, 4) is 0 Å². The summed E-state index contributed by atoms with van der Waals surface area (Å²) >= 11 is 12.1. The number of benzene rings is 1. The standard InChI is InChI=1S/C17H17Cl2N5O2/c1-2-26-6-5-21-8-11-14(23-17(19)24-15(11)20)13-10-7-9(18)3-4-12(10)22-16(13)25/h3-4,7-8,13H,2,5-6H2,1H3,(H,22,25)(H2,20,23,24). The number of fused-ring (bicyclic) bond motifs is 1. The van der Waals surface area contributed by atoms with Gasteiger partial charge in [-0.2, -0.15) is 0 Å². The van der Waals surface area contributed by atoms with Crippen LogP contribution in [0, 0.1) is 0 Å². The van der Waals surface area contributed by atoms with Crippen LogP contribution < -0.4 is 11.1 Å². The molecule has 0 spiro atoms. The van der Waals surface area contributed by atoms with Crippen LogP contribution in [0.5, 0.6) is 0 Å². The number of halogens is 2. The van der Waals surface area contributed by atoms with Crippen LogP contribution in [0.1, 0.15) is 29.7 Å². The highest BCUT2D eigenvalue weighted by Gasteiger charge is 2.35. The molecule has 7 nitrogen and oxygen atoms in total. The summed E-state index contributed by atoms with van der Waals surface area (Å²) in [5, 5.41) is 3.30. The number of carbonyl (C=O) groups is 1. The van der Waals surface area contributed by atoms with Crippen LogP contribution in [0.4, 0.5) is 11.5 Å². The Morgan fingerprint density at radius 1 is 1.38 bits per heavy atom. The third kappa shape index (κ3) is 3.80. The van der Waals surface area contributed by atoms with E-state index in [4.69, 9.17) is 33.7 Å². The van der Waals surface area contributed by atoms with Crippen molar-refractivity contribution in [2.75, 3.05) is 30.8 Å². The minimum atomic E-state index is -0.695. The van der Waals surface area contributed by atoms with Crippen LogP contribution in [0.15, 0.2) is 23.2 Å². The van der Waals surface area contributed by atoms with Crippen molar-refractivity contribution >= 4 is 46.8 Å². The van der Waals surface area contributed by atoms with Crippen LogP contribution in [0.2, 0.25) is 10.3 Å². The van der Waals surface area contributed by atoms with Crippen LogP contribution in [-0.4, -0.2) is 41.8 Å². The molecule has 2 aromatic rings.